The van der Waals surface area contributed by atoms with E-state index in [2.05, 4.69) is 20.9 Å². The van der Waals surface area contributed by atoms with Gasteiger partial charge in [0.2, 0.25) is 35.2 Å². The van der Waals surface area contributed by atoms with Crippen molar-refractivity contribution in [3.05, 3.63) is 81.4 Å². The number of morpholine rings is 1. The van der Waals surface area contributed by atoms with Gasteiger partial charge in [0.05, 0.1) is 48.7 Å². The van der Waals surface area contributed by atoms with E-state index in [1.54, 1.807) is 52.0 Å². The van der Waals surface area contributed by atoms with E-state index in [0.717, 1.165) is 4.90 Å². The van der Waals surface area contributed by atoms with Gasteiger partial charge in [0.25, 0.3) is 0 Å². The summed E-state index contributed by atoms with van der Waals surface area (Å²) in [5.41, 5.74) is 1.87. The Morgan fingerprint density at radius 1 is 0.857 bits per heavy atom. The molecule has 30 heteroatoms. The number of urea groups is 1. The fraction of sp³-hybridized carbons (Fsp3) is 0.574. The van der Waals surface area contributed by atoms with Crippen molar-refractivity contribution in [2.24, 2.45) is 23.5 Å². The number of nitrogens with two attached hydrogens (primary N) is 1. The smallest absolute Gasteiger partial charge is 0.409 e. The number of unbranched alkanes of at least 4 members (excludes halogenated alkanes) is 2. The van der Waals surface area contributed by atoms with Crippen molar-refractivity contribution in [1.82, 2.24) is 30.2 Å². The maximum absolute atomic E-state index is 14.3. The Balaban J connectivity index is 0.771. The molecular formula is C68H88N8O22. The highest BCUT2D eigenvalue weighted by atomic mass is 16.7. The number of methoxy groups -OCH3 is 2. The van der Waals surface area contributed by atoms with Gasteiger partial charge in [-0.25, -0.2) is 14.4 Å². The summed E-state index contributed by atoms with van der Waals surface area (Å²) < 4.78 is 47.0. The second-order valence-corrected chi connectivity index (χ2v) is 26.1. The Morgan fingerprint density at radius 3 is 2.22 bits per heavy atom. The third-order valence-electron chi connectivity index (χ3n) is 18.9. The largest absolute Gasteiger partial charge is 0.507 e. The number of Topliss-reactive ketones (excluding diaryl/α,β-unsaturated/α-hetero) is 2. The van der Waals surface area contributed by atoms with Gasteiger partial charge in [0, 0.05) is 133 Å². The lowest BCUT2D eigenvalue weighted by Gasteiger charge is -2.43. The molecule has 4 aliphatic heterocycles. The van der Waals surface area contributed by atoms with Crippen LogP contribution >= 0.6 is 0 Å². The summed E-state index contributed by atoms with van der Waals surface area (Å²) in [5.74, 6) is -7.29. The first-order valence-corrected chi connectivity index (χ1v) is 33.0. The Kier molecular flexibility index (Phi) is 24.0. The van der Waals surface area contributed by atoms with Crippen molar-refractivity contribution in [2.75, 3.05) is 79.6 Å². The molecule has 11 atom stereocenters. The van der Waals surface area contributed by atoms with Crippen LogP contribution in [0, 0.1) is 17.8 Å². The summed E-state index contributed by atoms with van der Waals surface area (Å²) in [5, 5.41) is 44.8. The standard InChI is InChI=1S/C68H88N8O22/c1-35(2)55(72-48(79)17-10-9-11-23-76-49(80)28-36(3)62(76)86)44(77)29-39(14-13-22-70-65(69)87)61(85)71-40-20-18-38(19-21-40)33-94-66(88)73(5)24-25-74(6)67(89)95-34-47(78)68(90)31-42-52(59(84)54-53(57(42)82)56(81)41-15-12-16-45(91-7)51(41)58(54)83)46(32-68)97-50-30-43-60(37(4)96-50)98-63-64(92-8)93-27-26-75(43)63/h12,15-16,18-21,35-37,39,43,46,50,55,60,63-64,82,84,90H,9-11,13-14,17,22-34H2,1-8H3,(H,71,85)(H,72,79)(H3,69,70,87)/t36?,37-,39+,43-,46-,50-,55-,60+,63+,64-,68-/m0/s1. The van der Waals surface area contributed by atoms with Gasteiger partial charge in [-0.15, -0.1) is 0 Å². The van der Waals surface area contributed by atoms with E-state index in [9.17, 15) is 68.1 Å². The number of hydrogen-bond donors (Lipinski definition) is 7. The van der Waals surface area contributed by atoms with Crippen molar-refractivity contribution >= 4 is 70.7 Å². The van der Waals surface area contributed by atoms with E-state index in [4.69, 9.17) is 43.6 Å². The molecule has 3 aromatic rings. The minimum Gasteiger partial charge on any atom is -0.507 e. The van der Waals surface area contributed by atoms with Crippen molar-refractivity contribution in [2.45, 2.75) is 160 Å². The van der Waals surface area contributed by atoms with Crippen LogP contribution in [0.15, 0.2) is 42.5 Å². The lowest BCUT2D eigenvalue weighted by Crippen LogP contribution is -2.55. The normalized spacial score (nSPS) is 23.9. The molecule has 0 bridgehead atoms. The van der Waals surface area contributed by atoms with E-state index in [-0.39, 0.29) is 134 Å². The molecule has 4 fully saturated rings. The van der Waals surface area contributed by atoms with Crippen LogP contribution in [-0.4, -0.2) is 223 Å². The maximum atomic E-state index is 14.3. The van der Waals surface area contributed by atoms with Gasteiger partial charge in [-0.3, -0.25) is 48.2 Å². The molecule has 30 nitrogen and oxygen atoms in total. The van der Waals surface area contributed by atoms with E-state index >= 15 is 0 Å². The fourth-order valence-electron chi connectivity index (χ4n) is 13.5. The molecule has 0 spiro atoms. The average Bonchev–Trinajstić information content (AvgIpc) is 0.892. The van der Waals surface area contributed by atoms with E-state index in [0.29, 0.717) is 50.1 Å². The number of amides is 8. The number of carbonyl (C=O) groups is 11. The van der Waals surface area contributed by atoms with E-state index in [1.165, 1.54) is 56.3 Å². The first-order valence-electron chi connectivity index (χ1n) is 33.0. The lowest BCUT2D eigenvalue weighted by atomic mass is 9.72. The number of ketones is 4. The van der Waals surface area contributed by atoms with Gasteiger partial charge in [-0.2, -0.15) is 0 Å². The zero-order valence-corrected chi connectivity index (χ0v) is 56.3. The molecule has 2 aliphatic carbocycles. The first-order chi connectivity index (χ1) is 46.6. The number of anilines is 1. The molecule has 4 saturated heterocycles. The van der Waals surface area contributed by atoms with Gasteiger partial charge in [0.1, 0.15) is 35.6 Å². The minimum atomic E-state index is -2.49. The number of nitrogens with zero attached hydrogens (tertiary/aromatic N) is 4. The average molecular weight is 1370 g/mol. The topological polar surface area (TPSA) is 397 Å². The van der Waals surface area contributed by atoms with Gasteiger partial charge < -0.3 is 84.7 Å². The predicted molar refractivity (Wildman–Crippen MR) is 344 cm³/mol. The number of phenolic OH excluding ortho intramolecular Hbond substituents is 2. The third-order valence-corrected chi connectivity index (χ3v) is 18.9. The summed E-state index contributed by atoms with van der Waals surface area (Å²) in [6, 6.07) is 8.75. The van der Waals surface area contributed by atoms with Crippen LogP contribution in [0.3, 0.4) is 0 Å². The zero-order chi connectivity index (χ0) is 71.0. The summed E-state index contributed by atoms with van der Waals surface area (Å²) in [7, 11) is 5.59. The fourth-order valence-corrected chi connectivity index (χ4v) is 13.5. The lowest BCUT2D eigenvalue weighted by molar-refractivity contribution is -0.256. The number of aromatic hydroxyl groups is 2. The van der Waals surface area contributed by atoms with Crippen molar-refractivity contribution in [3.63, 3.8) is 0 Å². The number of carbonyl (C=O) groups excluding carboxylic acids is 11. The first kappa shape index (κ1) is 73.6. The molecule has 0 saturated carbocycles. The van der Waals surface area contributed by atoms with E-state index < -0.39 is 138 Å². The molecule has 98 heavy (non-hydrogen) atoms. The zero-order valence-electron chi connectivity index (χ0n) is 56.3. The van der Waals surface area contributed by atoms with Crippen LogP contribution < -0.4 is 26.4 Å². The molecule has 8 N–H and O–H groups in total. The summed E-state index contributed by atoms with van der Waals surface area (Å²) >= 11 is 0. The molecule has 4 heterocycles. The van der Waals surface area contributed by atoms with Crippen LogP contribution in [0.4, 0.5) is 20.1 Å². The molecule has 3 aromatic carbocycles. The Labute approximate surface area is 566 Å². The molecule has 8 amide bonds. The number of primary amides is 1. The molecular weight excluding hydrogens is 1280 g/mol. The number of rotatable bonds is 29. The predicted octanol–water partition coefficient (Wildman–Crippen LogP) is 4.11. The van der Waals surface area contributed by atoms with Crippen LogP contribution in [0.2, 0.25) is 0 Å². The molecule has 1 unspecified atom stereocenters. The number of likely N-dealkylation sites (tertiary alicyclic amines) is 1. The molecule has 9 rings (SSSR count). The highest BCUT2D eigenvalue weighted by Crippen LogP contribution is 2.53. The number of fused-ring (bicyclic) bond motifs is 6. The second-order valence-electron chi connectivity index (χ2n) is 26.1. The van der Waals surface area contributed by atoms with Gasteiger partial charge >= 0.3 is 18.2 Å². The number of imide groups is 1. The minimum absolute atomic E-state index is 0.0458. The number of aliphatic hydroxyl groups is 1. The monoisotopic (exact) mass is 1370 g/mol. The van der Waals surface area contributed by atoms with Gasteiger partial charge in [-0.1, -0.05) is 51.5 Å². The third kappa shape index (κ3) is 16.4. The number of likely N-dealkylation sites (N-methyl/N-ethyl adjacent to an activating group) is 2. The Bertz CT molecular complexity index is 3550. The number of ether oxygens (including phenoxy) is 8. The molecule has 6 aliphatic rings. The maximum Gasteiger partial charge on any atom is 0.409 e. The van der Waals surface area contributed by atoms with E-state index in [1.807, 2.05) is 0 Å². The Morgan fingerprint density at radius 2 is 1.56 bits per heavy atom. The van der Waals surface area contributed by atoms with Crippen molar-refractivity contribution in [3.8, 4) is 17.2 Å². The quantitative estimate of drug-likeness (QED) is 0.0228. The van der Waals surface area contributed by atoms with Gasteiger partial charge in [0.15, 0.2) is 37.0 Å². The SMILES string of the molecule is COc1cccc2c1C(=O)c1c(O)c3c(c(O)c1C2=O)C[C@@](O)(C(=O)COC(=O)N(C)CCN(C)C(=O)OCc1ccc(NC(=O)[C@H](CCCNC(N)=O)CC(=O)[C@@H](NC(=O)CCCCCN2C(=O)CC(C)C2=O)C(C)C)cc1)C[C@@H]3O[C@H]1C[C@H]2[C@H](O[C@@H]3[C@@H](OC)OCCN32)[C@H](C)O1. The summed E-state index contributed by atoms with van der Waals surface area (Å²) in [4.78, 5) is 152. The van der Waals surface area contributed by atoms with Crippen LogP contribution in [0.5, 0.6) is 17.2 Å². The van der Waals surface area contributed by atoms with Crippen LogP contribution in [0.25, 0.3) is 0 Å². The summed E-state index contributed by atoms with van der Waals surface area (Å²) in [6.45, 7) is 6.91. The second kappa shape index (κ2) is 31.9. The number of phenols is 2. The number of nitrogens with one attached hydrogen (secondary N) is 3. The highest BCUT2D eigenvalue weighted by Gasteiger charge is 2.56. The van der Waals surface area contributed by atoms with Crippen molar-refractivity contribution < 1.29 is 106 Å². The van der Waals surface area contributed by atoms with Crippen molar-refractivity contribution in [1.29, 1.82) is 0 Å². The summed E-state index contributed by atoms with van der Waals surface area (Å²) in [6.07, 6.45) is -5.63. The molecule has 0 aromatic heterocycles. The highest BCUT2D eigenvalue weighted by molar-refractivity contribution is 6.31. The van der Waals surface area contributed by atoms with Crippen LogP contribution in [0.1, 0.15) is 147 Å². The van der Waals surface area contributed by atoms with Crippen LogP contribution in [-0.2, 0) is 75.0 Å². The molecule has 0 radical (unpaired) electrons. The Hall–Kier alpha value is -8.65. The molecule has 532 valence electrons. The number of hydrogen-bond acceptors (Lipinski definition) is 23. The van der Waals surface area contributed by atoms with Gasteiger partial charge in [-0.05, 0) is 62.3 Å². The number of benzene rings is 3.